The summed E-state index contributed by atoms with van der Waals surface area (Å²) in [7, 11) is 0. The molecule has 0 bridgehead atoms. The van der Waals surface area contributed by atoms with Crippen molar-refractivity contribution in [1.29, 1.82) is 0 Å². The summed E-state index contributed by atoms with van der Waals surface area (Å²) in [5.41, 5.74) is 5.75. The minimum absolute atomic E-state index is 0.0787. The van der Waals surface area contributed by atoms with Crippen LogP contribution in [0.15, 0.2) is 0 Å². The highest BCUT2D eigenvalue weighted by Crippen LogP contribution is 2.20. The van der Waals surface area contributed by atoms with Gasteiger partial charge in [-0.3, -0.25) is 9.69 Å². The van der Waals surface area contributed by atoms with Gasteiger partial charge in [-0.15, -0.1) is 0 Å². The molecule has 17 heavy (non-hydrogen) atoms. The summed E-state index contributed by atoms with van der Waals surface area (Å²) in [6.07, 6.45) is 4.18. The third-order valence-electron chi connectivity index (χ3n) is 3.30. The van der Waals surface area contributed by atoms with Gasteiger partial charge < -0.3 is 11.1 Å². The van der Waals surface area contributed by atoms with Crippen LogP contribution in [0.5, 0.6) is 0 Å². The maximum Gasteiger partial charge on any atom is 0.237 e. The molecule has 1 aliphatic rings. The molecule has 0 aromatic carbocycles. The maximum absolute atomic E-state index is 11.9. The molecule has 1 amide bonds. The smallest absolute Gasteiger partial charge is 0.237 e. The van der Waals surface area contributed by atoms with E-state index in [0.29, 0.717) is 4.99 Å². The first-order chi connectivity index (χ1) is 8.07. The Morgan fingerprint density at radius 3 is 2.88 bits per heavy atom. The number of hydrogen-bond acceptors (Lipinski definition) is 3. The van der Waals surface area contributed by atoms with Crippen LogP contribution in [0.4, 0.5) is 0 Å². The highest BCUT2D eigenvalue weighted by Gasteiger charge is 2.31. The van der Waals surface area contributed by atoms with Gasteiger partial charge in [0.05, 0.1) is 17.1 Å². The zero-order valence-electron chi connectivity index (χ0n) is 10.7. The van der Waals surface area contributed by atoms with E-state index in [9.17, 15) is 4.79 Å². The molecule has 5 heteroatoms. The molecule has 98 valence electrons. The average molecular weight is 257 g/mol. The quantitative estimate of drug-likeness (QED) is 0.723. The molecule has 0 saturated carbocycles. The lowest BCUT2D eigenvalue weighted by Gasteiger charge is -2.38. The Morgan fingerprint density at radius 2 is 2.29 bits per heavy atom. The minimum atomic E-state index is -0.145. The van der Waals surface area contributed by atoms with Gasteiger partial charge in [0.2, 0.25) is 5.91 Å². The molecule has 1 heterocycles. The molecule has 0 aliphatic carbocycles. The monoisotopic (exact) mass is 257 g/mol. The van der Waals surface area contributed by atoms with Gasteiger partial charge >= 0.3 is 0 Å². The molecular weight excluding hydrogens is 234 g/mol. The van der Waals surface area contributed by atoms with Crippen LogP contribution in [0.25, 0.3) is 0 Å². The van der Waals surface area contributed by atoms with Gasteiger partial charge in [-0.2, -0.15) is 0 Å². The first-order valence-corrected chi connectivity index (χ1v) is 6.81. The van der Waals surface area contributed by atoms with Crippen molar-refractivity contribution in [2.75, 3.05) is 13.1 Å². The number of rotatable bonds is 5. The molecule has 0 spiro atoms. The largest absolute Gasteiger partial charge is 0.392 e. The molecule has 1 rings (SSSR count). The Bertz CT molecular complexity index is 283. The Morgan fingerprint density at radius 1 is 1.59 bits per heavy atom. The van der Waals surface area contributed by atoms with E-state index in [2.05, 4.69) is 10.2 Å². The Hall–Kier alpha value is -0.680. The van der Waals surface area contributed by atoms with Crippen molar-refractivity contribution in [3.63, 3.8) is 0 Å². The van der Waals surface area contributed by atoms with Crippen LogP contribution in [0.1, 0.15) is 39.5 Å². The first kappa shape index (κ1) is 14.4. The zero-order valence-corrected chi connectivity index (χ0v) is 11.6. The van der Waals surface area contributed by atoms with Crippen LogP contribution in [-0.4, -0.2) is 41.0 Å². The van der Waals surface area contributed by atoms with Crippen molar-refractivity contribution in [3.8, 4) is 0 Å². The van der Waals surface area contributed by atoms with E-state index < -0.39 is 0 Å². The zero-order chi connectivity index (χ0) is 12.8. The fourth-order valence-electron chi connectivity index (χ4n) is 2.27. The fourth-order valence-corrected chi connectivity index (χ4v) is 2.52. The number of thiocarbonyl (C=S) groups is 1. The fraction of sp³-hybridized carbons (Fsp3) is 0.833. The average Bonchev–Trinajstić information content (AvgIpc) is 2.34. The Kier molecular flexibility index (Phi) is 5.85. The normalized spacial score (nSPS) is 23.1. The van der Waals surface area contributed by atoms with Gasteiger partial charge in [0.15, 0.2) is 0 Å². The second kappa shape index (κ2) is 6.91. The summed E-state index contributed by atoms with van der Waals surface area (Å²) in [4.78, 5) is 14.6. The Balaban J connectivity index is 2.61. The predicted molar refractivity (Wildman–Crippen MR) is 73.9 cm³/mol. The standard InChI is InChI=1S/C12H23N3OS/c1-3-7-14-12(16)9(2)15-8-5-4-6-10(15)11(13)17/h9-10H,3-8H2,1-2H3,(H2,13,17)(H,14,16). The first-order valence-electron chi connectivity index (χ1n) is 6.40. The van der Waals surface area contributed by atoms with Crippen molar-refractivity contribution < 1.29 is 4.79 Å². The van der Waals surface area contributed by atoms with Crippen molar-refractivity contribution in [1.82, 2.24) is 10.2 Å². The van der Waals surface area contributed by atoms with Crippen LogP contribution in [0, 0.1) is 0 Å². The second-order valence-electron chi connectivity index (χ2n) is 4.62. The van der Waals surface area contributed by atoms with Crippen LogP contribution in [0.2, 0.25) is 0 Å². The SMILES string of the molecule is CCCNC(=O)C(C)N1CCCCC1C(N)=S. The van der Waals surface area contributed by atoms with Crippen LogP contribution in [-0.2, 0) is 4.79 Å². The van der Waals surface area contributed by atoms with Gasteiger partial charge in [0.1, 0.15) is 0 Å². The summed E-state index contributed by atoms with van der Waals surface area (Å²) in [5, 5.41) is 2.92. The van der Waals surface area contributed by atoms with E-state index in [1.54, 1.807) is 0 Å². The lowest BCUT2D eigenvalue weighted by Crippen LogP contribution is -2.55. The summed E-state index contributed by atoms with van der Waals surface area (Å²) in [5.74, 6) is 0.0787. The van der Waals surface area contributed by atoms with Crippen LogP contribution in [0.3, 0.4) is 0 Å². The van der Waals surface area contributed by atoms with Crippen molar-refractivity contribution in [2.24, 2.45) is 5.73 Å². The lowest BCUT2D eigenvalue weighted by molar-refractivity contribution is -0.126. The topological polar surface area (TPSA) is 58.4 Å². The van der Waals surface area contributed by atoms with Crippen molar-refractivity contribution in [2.45, 2.75) is 51.6 Å². The van der Waals surface area contributed by atoms with Gasteiger partial charge in [-0.05, 0) is 32.7 Å². The molecule has 1 aliphatic heterocycles. The molecular formula is C12H23N3OS. The molecule has 0 radical (unpaired) electrons. The maximum atomic E-state index is 11.9. The predicted octanol–water partition coefficient (Wildman–Crippen LogP) is 1.04. The second-order valence-corrected chi connectivity index (χ2v) is 5.09. The summed E-state index contributed by atoms with van der Waals surface area (Å²) < 4.78 is 0. The van der Waals surface area contributed by atoms with E-state index in [1.165, 1.54) is 0 Å². The van der Waals surface area contributed by atoms with E-state index in [0.717, 1.165) is 38.8 Å². The lowest BCUT2D eigenvalue weighted by atomic mass is 10.00. The number of hydrogen-bond donors (Lipinski definition) is 2. The van der Waals surface area contributed by atoms with Gasteiger partial charge in [-0.25, -0.2) is 0 Å². The molecule has 2 atom stereocenters. The number of nitrogens with two attached hydrogens (primary N) is 1. The minimum Gasteiger partial charge on any atom is -0.392 e. The molecule has 3 N–H and O–H groups in total. The molecule has 0 aromatic rings. The third-order valence-corrected chi connectivity index (χ3v) is 3.57. The van der Waals surface area contributed by atoms with E-state index in [1.807, 2.05) is 13.8 Å². The summed E-state index contributed by atoms with van der Waals surface area (Å²) >= 11 is 5.09. The molecule has 2 unspecified atom stereocenters. The molecule has 1 fully saturated rings. The van der Waals surface area contributed by atoms with Crippen molar-refractivity contribution >= 4 is 23.1 Å². The molecule has 0 aromatic heterocycles. The summed E-state index contributed by atoms with van der Waals surface area (Å²) in [6, 6.07) is -0.0607. The molecule has 1 saturated heterocycles. The summed E-state index contributed by atoms with van der Waals surface area (Å²) in [6.45, 7) is 5.61. The van der Waals surface area contributed by atoms with Crippen LogP contribution < -0.4 is 11.1 Å². The number of nitrogens with zero attached hydrogens (tertiary/aromatic N) is 1. The van der Waals surface area contributed by atoms with E-state index >= 15 is 0 Å². The number of carbonyl (C=O) groups excluding carboxylic acids is 1. The van der Waals surface area contributed by atoms with Crippen molar-refractivity contribution in [3.05, 3.63) is 0 Å². The van der Waals surface area contributed by atoms with Gasteiger partial charge in [0, 0.05) is 6.54 Å². The number of carbonyl (C=O) groups is 1. The van der Waals surface area contributed by atoms with E-state index in [-0.39, 0.29) is 18.0 Å². The van der Waals surface area contributed by atoms with Crippen LogP contribution >= 0.6 is 12.2 Å². The number of likely N-dealkylation sites (tertiary alicyclic amines) is 1. The molecule has 4 nitrogen and oxygen atoms in total. The highest BCUT2D eigenvalue weighted by molar-refractivity contribution is 7.80. The third kappa shape index (κ3) is 3.92. The Labute approximate surface area is 109 Å². The van der Waals surface area contributed by atoms with Gasteiger partial charge in [-0.1, -0.05) is 25.6 Å². The number of nitrogens with one attached hydrogen (secondary N) is 1. The number of amides is 1. The van der Waals surface area contributed by atoms with E-state index in [4.69, 9.17) is 18.0 Å². The highest BCUT2D eigenvalue weighted by atomic mass is 32.1. The number of piperidine rings is 1. The van der Waals surface area contributed by atoms with Gasteiger partial charge in [0.25, 0.3) is 0 Å².